The third kappa shape index (κ3) is 4.18. The second kappa shape index (κ2) is 8.51. The first kappa shape index (κ1) is 19.2. The molecule has 0 bridgehead atoms. The van der Waals surface area contributed by atoms with E-state index in [1.165, 1.54) is 25.3 Å². The summed E-state index contributed by atoms with van der Waals surface area (Å²) in [6.07, 6.45) is 6.66. The Labute approximate surface area is 170 Å². The van der Waals surface area contributed by atoms with Gasteiger partial charge >= 0.3 is 0 Å². The molecule has 0 spiro atoms. The number of benzene rings is 1. The molecule has 2 aliphatic rings. The van der Waals surface area contributed by atoms with Gasteiger partial charge < -0.3 is 20.2 Å². The van der Waals surface area contributed by atoms with Crippen molar-refractivity contribution in [2.75, 3.05) is 29.9 Å². The maximum Gasteiger partial charge on any atom is 0.258 e. The Kier molecular flexibility index (Phi) is 5.64. The highest BCUT2D eigenvalue weighted by Crippen LogP contribution is 2.25. The normalized spacial score (nSPS) is 19.2. The molecule has 2 saturated heterocycles. The van der Waals surface area contributed by atoms with Crippen molar-refractivity contribution in [2.24, 2.45) is 0 Å². The number of aromatic hydroxyl groups is 1. The smallest absolute Gasteiger partial charge is 0.258 e. The summed E-state index contributed by atoms with van der Waals surface area (Å²) in [5, 5.41) is 12.9. The van der Waals surface area contributed by atoms with E-state index in [2.05, 4.69) is 15.2 Å². The number of phenols is 1. The van der Waals surface area contributed by atoms with E-state index in [4.69, 9.17) is 0 Å². The SMILES string of the molecule is O=C(Nc1ccc(N2CCCCC2)nc1)C1CCCN1C(=O)c1ccccc1O. The summed E-state index contributed by atoms with van der Waals surface area (Å²) in [5.74, 6) is 0.319. The van der Waals surface area contributed by atoms with Crippen molar-refractivity contribution in [1.82, 2.24) is 9.88 Å². The Morgan fingerprint density at radius 2 is 1.79 bits per heavy atom. The van der Waals surface area contributed by atoms with E-state index in [0.717, 1.165) is 25.3 Å². The zero-order valence-electron chi connectivity index (χ0n) is 16.4. The summed E-state index contributed by atoms with van der Waals surface area (Å²) < 4.78 is 0. The summed E-state index contributed by atoms with van der Waals surface area (Å²) in [6.45, 7) is 2.53. The number of rotatable bonds is 4. The number of para-hydroxylation sites is 1. The molecule has 1 unspecified atom stereocenters. The number of hydrogen-bond donors (Lipinski definition) is 2. The minimum absolute atomic E-state index is 0.0685. The van der Waals surface area contributed by atoms with Crippen molar-refractivity contribution in [3.05, 3.63) is 48.2 Å². The molecule has 4 rings (SSSR count). The largest absolute Gasteiger partial charge is 0.507 e. The van der Waals surface area contributed by atoms with Crippen LogP contribution >= 0.6 is 0 Å². The topological polar surface area (TPSA) is 85.8 Å². The standard InChI is InChI=1S/C22H26N4O3/c27-19-9-3-2-7-17(19)22(29)26-14-6-8-18(26)21(28)24-16-10-11-20(23-15-16)25-12-4-1-5-13-25/h2-3,7,9-11,15,18,27H,1,4-6,8,12-14H2,(H,24,28). The number of nitrogens with zero attached hydrogens (tertiary/aromatic N) is 3. The number of hydrogen-bond acceptors (Lipinski definition) is 5. The van der Waals surface area contributed by atoms with Crippen LogP contribution in [0.4, 0.5) is 11.5 Å². The van der Waals surface area contributed by atoms with Gasteiger partial charge in [0.15, 0.2) is 0 Å². The van der Waals surface area contributed by atoms with Crippen LogP contribution < -0.4 is 10.2 Å². The van der Waals surface area contributed by atoms with Crippen LogP contribution in [0, 0.1) is 0 Å². The van der Waals surface area contributed by atoms with Gasteiger partial charge in [-0.2, -0.15) is 0 Å². The molecule has 2 N–H and O–H groups in total. The number of amides is 2. The summed E-state index contributed by atoms with van der Waals surface area (Å²) in [4.78, 5) is 33.9. The zero-order chi connectivity index (χ0) is 20.2. The molecule has 2 fully saturated rings. The summed E-state index contributed by atoms with van der Waals surface area (Å²) >= 11 is 0. The van der Waals surface area contributed by atoms with Crippen LogP contribution in [0.25, 0.3) is 0 Å². The first-order chi connectivity index (χ1) is 14.1. The fraction of sp³-hybridized carbons (Fsp3) is 0.409. The number of carbonyl (C=O) groups excluding carboxylic acids is 2. The minimum atomic E-state index is -0.552. The van der Waals surface area contributed by atoms with Gasteiger partial charge in [0.1, 0.15) is 17.6 Å². The molecule has 0 saturated carbocycles. The number of anilines is 2. The van der Waals surface area contributed by atoms with E-state index in [-0.39, 0.29) is 23.1 Å². The Bertz CT molecular complexity index is 878. The molecule has 2 amide bonds. The molecule has 1 atom stereocenters. The molecule has 7 heteroatoms. The molecule has 3 heterocycles. The molecule has 0 radical (unpaired) electrons. The quantitative estimate of drug-likeness (QED) is 0.833. The number of phenolic OH excluding ortho intramolecular Hbond substituents is 1. The van der Waals surface area contributed by atoms with Gasteiger partial charge in [0, 0.05) is 19.6 Å². The molecular weight excluding hydrogens is 368 g/mol. The van der Waals surface area contributed by atoms with Crippen molar-refractivity contribution in [2.45, 2.75) is 38.1 Å². The van der Waals surface area contributed by atoms with Gasteiger partial charge in [0.2, 0.25) is 5.91 Å². The van der Waals surface area contributed by atoms with E-state index in [9.17, 15) is 14.7 Å². The Hall–Kier alpha value is -3.09. The minimum Gasteiger partial charge on any atom is -0.507 e. The maximum atomic E-state index is 12.8. The highest BCUT2D eigenvalue weighted by Gasteiger charge is 2.35. The molecule has 2 aliphatic heterocycles. The molecule has 1 aromatic carbocycles. The first-order valence-corrected chi connectivity index (χ1v) is 10.2. The number of piperidine rings is 1. The Morgan fingerprint density at radius 3 is 2.52 bits per heavy atom. The summed E-state index contributed by atoms with van der Waals surface area (Å²) in [6, 6.07) is 9.67. The molecular formula is C22H26N4O3. The second-order valence-electron chi connectivity index (χ2n) is 7.62. The van der Waals surface area contributed by atoms with Gasteiger partial charge in [0.25, 0.3) is 5.91 Å². The monoisotopic (exact) mass is 394 g/mol. The zero-order valence-corrected chi connectivity index (χ0v) is 16.4. The Morgan fingerprint density at radius 1 is 1.00 bits per heavy atom. The van der Waals surface area contributed by atoms with Crippen molar-refractivity contribution in [1.29, 1.82) is 0 Å². The molecule has 152 valence electrons. The number of carbonyl (C=O) groups is 2. The van der Waals surface area contributed by atoms with Crippen LogP contribution in [0.2, 0.25) is 0 Å². The van der Waals surface area contributed by atoms with Gasteiger partial charge in [-0.15, -0.1) is 0 Å². The average molecular weight is 394 g/mol. The fourth-order valence-electron chi connectivity index (χ4n) is 4.09. The van der Waals surface area contributed by atoms with Crippen molar-refractivity contribution in [3.63, 3.8) is 0 Å². The maximum absolute atomic E-state index is 12.8. The van der Waals surface area contributed by atoms with Gasteiger partial charge in [-0.3, -0.25) is 9.59 Å². The van der Waals surface area contributed by atoms with E-state index < -0.39 is 6.04 Å². The predicted octanol–water partition coefficient (Wildman–Crippen LogP) is 3.02. The molecule has 29 heavy (non-hydrogen) atoms. The van der Waals surface area contributed by atoms with Gasteiger partial charge in [-0.05, 0) is 56.4 Å². The highest BCUT2D eigenvalue weighted by molar-refractivity contribution is 6.02. The lowest BCUT2D eigenvalue weighted by Crippen LogP contribution is -2.43. The Balaban J connectivity index is 1.42. The van der Waals surface area contributed by atoms with Crippen molar-refractivity contribution < 1.29 is 14.7 Å². The van der Waals surface area contributed by atoms with Gasteiger partial charge in [0.05, 0.1) is 17.4 Å². The second-order valence-corrected chi connectivity index (χ2v) is 7.62. The molecule has 2 aromatic rings. The third-order valence-corrected chi connectivity index (χ3v) is 5.65. The third-order valence-electron chi connectivity index (χ3n) is 5.65. The summed E-state index contributed by atoms with van der Waals surface area (Å²) in [7, 11) is 0. The van der Waals surface area contributed by atoms with Gasteiger partial charge in [-0.25, -0.2) is 4.98 Å². The van der Waals surface area contributed by atoms with Crippen LogP contribution in [0.5, 0.6) is 5.75 Å². The van der Waals surface area contributed by atoms with E-state index >= 15 is 0 Å². The van der Waals surface area contributed by atoms with Crippen LogP contribution in [-0.4, -0.2) is 52.5 Å². The van der Waals surface area contributed by atoms with Crippen molar-refractivity contribution >= 4 is 23.3 Å². The van der Waals surface area contributed by atoms with E-state index in [0.29, 0.717) is 18.7 Å². The van der Waals surface area contributed by atoms with Crippen LogP contribution in [0.15, 0.2) is 42.6 Å². The van der Waals surface area contributed by atoms with Crippen LogP contribution in [0.3, 0.4) is 0 Å². The van der Waals surface area contributed by atoms with Gasteiger partial charge in [-0.1, -0.05) is 12.1 Å². The first-order valence-electron chi connectivity index (χ1n) is 10.2. The lowest BCUT2D eigenvalue weighted by molar-refractivity contribution is -0.119. The van der Waals surface area contributed by atoms with E-state index in [1.807, 2.05) is 12.1 Å². The molecule has 7 nitrogen and oxygen atoms in total. The summed E-state index contributed by atoms with van der Waals surface area (Å²) in [5.41, 5.74) is 0.845. The average Bonchev–Trinajstić information content (AvgIpc) is 3.25. The number of nitrogens with one attached hydrogen (secondary N) is 1. The number of likely N-dealkylation sites (tertiary alicyclic amines) is 1. The van der Waals surface area contributed by atoms with Crippen molar-refractivity contribution in [3.8, 4) is 5.75 Å². The number of aromatic nitrogens is 1. The lowest BCUT2D eigenvalue weighted by Gasteiger charge is -2.28. The lowest BCUT2D eigenvalue weighted by atomic mass is 10.1. The van der Waals surface area contributed by atoms with Crippen LogP contribution in [-0.2, 0) is 4.79 Å². The highest BCUT2D eigenvalue weighted by atomic mass is 16.3. The van der Waals surface area contributed by atoms with E-state index in [1.54, 1.807) is 29.3 Å². The fourth-order valence-corrected chi connectivity index (χ4v) is 4.09. The number of pyridine rings is 1. The molecule has 0 aliphatic carbocycles. The molecule has 1 aromatic heterocycles. The predicted molar refractivity (Wildman–Crippen MR) is 111 cm³/mol. The van der Waals surface area contributed by atoms with Crippen LogP contribution in [0.1, 0.15) is 42.5 Å².